The number of carbonyl (C=O) groups excluding carboxylic acids is 1. The second kappa shape index (κ2) is 5.56. The molecule has 1 heterocycles. The third-order valence-corrected chi connectivity index (χ3v) is 3.47. The fourth-order valence-electron chi connectivity index (χ4n) is 2.56. The lowest BCUT2D eigenvalue weighted by molar-refractivity contribution is -0.143. The molecule has 1 aromatic carbocycles. The van der Waals surface area contributed by atoms with Gasteiger partial charge in [-0.25, -0.2) is 8.78 Å². The van der Waals surface area contributed by atoms with E-state index in [4.69, 9.17) is 5.11 Å². The highest BCUT2D eigenvalue weighted by atomic mass is 19.1. The second-order valence-corrected chi connectivity index (χ2v) is 5.18. The van der Waals surface area contributed by atoms with Crippen LogP contribution in [-0.2, 0) is 4.79 Å². The Morgan fingerprint density at radius 3 is 2.40 bits per heavy atom. The van der Waals surface area contributed by atoms with E-state index >= 15 is 0 Å². The summed E-state index contributed by atoms with van der Waals surface area (Å²) in [5.41, 5.74) is -0.620. The molecule has 2 rings (SSSR count). The zero-order valence-electron chi connectivity index (χ0n) is 11.0. The minimum atomic E-state index is -0.997. The Morgan fingerprint density at radius 2 is 1.85 bits per heavy atom. The van der Waals surface area contributed by atoms with Crippen molar-refractivity contribution in [1.82, 2.24) is 4.90 Å². The van der Waals surface area contributed by atoms with Crippen molar-refractivity contribution in [3.8, 4) is 0 Å². The molecule has 0 aliphatic carbocycles. The third-order valence-electron chi connectivity index (χ3n) is 3.47. The summed E-state index contributed by atoms with van der Waals surface area (Å²) in [5, 5.41) is 9.05. The van der Waals surface area contributed by atoms with Gasteiger partial charge in [0, 0.05) is 13.1 Å². The number of piperidine rings is 1. The number of rotatable bonds is 2. The van der Waals surface area contributed by atoms with Gasteiger partial charge >= 0.3 is 5.97 Å². The van der Waals surface area contributed by atoms with E-state index in [1.807, 2.05) is 6.92 Å². The van der Waals surface area contributed by atoms with Crippen LogP contribution in [0.4, 0.5) is 8.78 Å². The smallest absolute Gasteiger partial charge is 0.308 e. The summed E-state index contributed by atoms with van der Waals surface area (Å²) in [6.45, 7) is 2.09. The van der Waals surface area contributed by atoms with Crippen molar-refractivity contribution in [3.63, 3.8) is 0 Å². The lowest BCUT2D eigenvalue weighted by atomic mass is 9.90. The Bertz CT molecular complexity index is 527. The molecular formula is C14H15F2NO3. The van der Waals surface area contributed by atoms with Gasteiger partial charge in [0.15, 0.2) is 0 Å². The average Bonchev–Trinajstić information content (AvgIpc) is 2.37. The highest BCUT2D eigenvalue weighted by Gasteiger charge is 2.33. The van der Waals surface area contributed by atoms with E-state index in [2.05, 4.69) is 0 Å². The van der Waals surface area contributed by atoms with Gasteiger partial charge < -0.3 is 10.0 Å². The zero-order chi connectivity index (χ0) is 14.9. The highest BCUT2D eigenvalue weighted by Crippen LogP contribution is 2.24. The monoisotopic (exact) mass is 283 g/mol. The number of hydrogen-bond donors (Lipinski definition) is 1. The summed E-state index contributed by atoms with van der Waals surface area (Å²) in [4.78, 5) is 24.5. The number of carbonyl (C=O) groups is 2. The van der Waals surface area contributed by atoms with E-state index in [0.29, 0.717) is 13.0 Å². The normalized spacial score (nSPS) is 22.6. The topological polar surface area (TPSA) is 57.6 Å². The Hall–Kier alpha value is -1.98. The number of carboxylic acid groups (broad SMARTS) is 1. The SMILES string of the molecule is CC1CC(C(=O)O)CN(C(=O)c2c(F)cccc2F)C1. The Kier molecular flexibility index (Phi) is 4.01. The summed E-state index contributed by atoms with van der Waals surface area (Å²) < 4.78 is 27.2. The maximum atomic E-state index is 13.6. The predicted molar refractivity (Wildman–Crippen MR) is 67.2 cm³/mol. The molecule has 1 aliphatic rings. The number of benzene rings is 1. The van der Waals surface area contributed by atoms with Gasteiger partial charge in [-0.2, -0.15) is 0 Å². The maximum Gasteiger partial charge on any atom is 0.308 e. The number of carboxylic acids is 1. The van der Waals surface area contributed by atoms with E-state index in [9.17, 15) is 18.4 Å². The molecule has 2 unspecified atom stereocenters. The minimum absolute atomic E-state index is 0.0215. The first-order valence-electron chi connectivity index (χ1n) is 6.36. The molecule has 1 saturated heterocycles. The minimum Gasteiger partial charge on any atom is -0.481 e. The van der Waals surface area contributed by atoms with Crippen molar-refractivity contribution in [2.45, 2.75) is 13.3 Å². The van der Waals surface area contributed by atoms with Gasteiger partial charge in [-0.1, -0.05) is 13.0 Å². The first-order chi connectivity index (χ1) is 9.40. The van der Waals surface area contributed by atoms with Crippen LogP contribution < -0.4 is 0 Å². The quantitative estimate of drug-likeness (QED) is 0.904. The van der Waals surface area contributed by atoms with Crippen LogP contribution in [0, 0.1) is 23.5 Å². The van der Waals surface area contributed by atoms with Crippen LogP contribution in [0.25, 0.3) is 0 Å². The Morgan fingerprint density at radius 1 is 1.25 bits per heavy atom. The van der Waals surface area contributed by atoms with Crippen LogP contribution in [0.5, 0.6) is 0 Å². The zero-order valence-corrected chi connectivity index (χ0v) is 11.0. The number of likely N-dealkylation sites (tertiary alicyclic amines) is 1. The first-order valence-corrected chi connectivity index (χ1v) is 6.36. The average molecular weight is 283 g/mol. The number of hydrogen-bond acceptors (Lipinski definition) is 2. The van der Waals surface area contributed by atoms with Crippen LogP contribution >= 0.6 is 0 Å². The van der Waals surface area contributed by atoms with Crippen LogP contribution in [-0.4, -0.2) is 35.0 Å². The molecule has 0 radical (unpaired) electrons. The van der Waals surface area contributed by atoms with Crippen molar-refractivity contribution < 1.29 is 23.5 Å². The van der Waals surface area contributed by atoms with Crippen LogP contribution in [0.15, 0.2) is 18.2 Å². The van der Waals surface area contributed by atoms with Gasteiger partial charge in [-0.15, -0.1) is 0 Å². The molecule has 20 heavy (non-hydrogen) atoms. The molecular weight excluding hydrogens is 268 g/mol. The van der Waals surface area contributed by atoms with E-state index in [1.54, 1.807) is 0 Å². The highest BCUT2D eigenvalue weighted by molar-refractivity contribution is 5.95. The Balaban J connectivity index is 2.26. The Labute approximate surface area is 115 Å². The second-order valence-electron chi connectivity index (χ2n) is 5.18. The van der Waals surface area contributed by atoms with Crippen molar-refractivity contribution in [2.75, 3.05) is 13.1 Å². The van der Waals surface area contributed by atoms with Gasteiger partial charge in [0.1, 0.15) is 17.2 Å². The lowest BCUT2D eigenvalue weighted by Crippen LogP contribution is -2.46. The van der Waals surface area contributed by atoms with Crippen LogP contribution in [0.2, 0.25) is 0 Å². The van der Waals surface area contributed by atoms with Crippen LogP contribution in [0.1, 0.15) is 23.7 Å². The summed E-state index contributed by atoms with van der Waals surface area (Å²) in [7, 11) is 0. The summed E-state index contributed by atoms with van der Waals surface area (Å²) in [5.74, 6) is -4.37. The lowest BCUT2D eigenvalue weighted by Gasteiger charge is -2.34. The van der Waals surface area contributed by atoms with Gasteiger partial charge in [0.25, 0.3) is 5.91 Å². The molecule has 6 heteroatoms. The summed E-state index contributed by atoms with van der Waals surface area (Å²) >= 11 is 0. The molecule has 0 aromatic heterocycles. The van der Waals surface area contributed by atoms with E-state index in [-0.39, 0.29) is 12.5 Å². The molecule has 1 amide bonds. The van der Waals surface area contributed by atoms with Crippen molar-refractivity contribution in [3.05, 3.63) is 35.4 Å². The molecule has 0 bridgehead atoms. The molecule has 1 fully saturated rings. The summed E-state index contributed by atoms with van der Waals surface area (Å²) in [6.07, 6.45) is 0.457. The molecule has 1 aliphatic heterocycles. The molecule has 4 nitrogen and oxygen atoms in total. The fraction of sp³-hybridized carbons (Fsp3) is 0.429. The number of amides is 1. The number of aliphatic carboxylic acids is 1. The van der Waals surface area contributed by atoms with Gasteiger partial charge in [-0.3, -0.25) is 9.59 Å². The number of nitrogens with zero attached hydrogens (tertiary/aromatic N) is 1. The maximum absolute atomic E-state index is 13.6. The first kappa shape index (κ1) is 14.4. The van der Waals surface area contributed by atoms with E-state index in [1.165, 1.54) is 11.0 Å². The number of halogens is 2. The summed E-state index contributed by atoms with van der Waals surface area (Å²) in [6, 6.07) is 3.21. The molecule has 1 aromatic rings. The van der Waals surface area contributed by atoms with Gasteiger partial charge in [0.2, 0.25) is 0 Å². The molecule has 0 spiro atoms. The molecule has 108 valence electrons. The standard InChI is InChI=1S/C14H15F2NO3/c1-8-5-9(14(19)20)7-17(6-8)13(18)12-10(15)3-2-4-11(12)16/h2-4,8-9H,5-7H2,1H3,(H,19,20). The fourth-order valence-corrected chi connectivity index (χ4v) is 2.56. The van der Waals surface area contributed by atoms with E-state index < -0.39 is 35.0 Å². The van der Waals surface area contributed by atoms with E-state index in [0.717, 1.165) is 12.1 Å². The van der Waals surface area contributed by atoms with Crippen molar-refractivity contribution >= 4 is 11.9 Å². The van der Waals surface area contributed by atoms with Crippen molar-refractivity contribution in [2.24, 2.45) is 11.8 Å². The van der Waals surface area contributed by atoms with Gasteiger partial charge in [-0.05, 0) is 24.5 Å². The predicted octanol–water partition coefficient (Wildman–Crippen LogP) is 2.15. The van der Waals surface area contributed by atoms with Crippen LogP contribution in [0.3, 0.4) is 0 Å². The molecule has 0 saturated carbocycles. The third kappa shape index (κ3) is 2.79. The molecule has 2 atom stereocenters. The van der Waals surface area contributed by atoms with Gasteiger partial charge in [0.05, 0.1) is 5.92 Å². The largest absolute Gasteiger partial charge is 0.481 e. The molecule has 1 N–H and O–H groups in total. The van der Waals surface area contributed by atoms with Crippen molar-refractivity contribution in [1.29, 1.82) is 0 Å².